The van der Waals surface area contributed by atoms with Gasteiger partial charge in [-0.15, -0.1) is 0 Å². The van der Waals surface area contributed by atoms with E-state index in [0.717, 1.165) is 31.9 Å². The number of likely N-dealkylation sites (tertiary alicyclic amines) is 1. The van der Waals surface area contributed by atoms with Crippen molar-refractivity contribution < 1.29 is 9.53 Å². The average Bonchev–Trinajstić information content (AvgIpc) is 2.47. The summed E-state index contributed by atoms with van der Waals surface area (Å²) in [4.78, 5) is 16.3. The van der Waals surface area contributed by atoms with Gasteiger partial charge < -0.3 is 20.3 Å². The van der Waals surface area contributed by atoms with Crippen molar-refractivity contribution in [1.82, 2.24) is 4.90 Å². The highest BCUT2D eigenvalue weighted by Gasteiger charge is 2.26. The van der Waals surface area contributed by atoms with Crippen molar-refractivity contribution in [2.24, 2.45) is 0 Å². The molecule has 1 fully saturated rings. The number of benzene rings is 1. The van der Waals surface area contributed by atoms with Gasteiger partial charge in [0.1, 0.15) is 5.75 Å². The highest BCUT2D eigenvalue weighted by atomic mass is 16.5. The number of carbonyl (C=O) groups is 1. The normalized spacial score (nSPS) is 19.6. The van der Waals surface area contributed by atoms with E-state index in [0.29, 0.717) is 11.4 Å². The molecule has 5 heteroatoms. The number of amides is 1. The summed E-state index contributed by atoms with van der Waals surface area (Å²) in [5.41, 5.74) is 7.26. The number of piperidine rings is 1. The van der Waals surface area contributed by atoms with Crippen LogP contribution in [-0.4, -0.2) is 43.6 Å². The van der Waals surface area contributed by atoms with Crippen molar-refractivity contribution in [1.29, 1.82) is 0 Å². The van der Waals surface area contributed by atoms with E-state index in [1.54, 1.807) is 6.07 Å². The average molecular weight is 275 g/mol. The zero-order chi connectivity index (χ0) is 13.9. The number of nitrogens with two attached hydrogens (primary N) is 1. The molecule has 3 rings (SSSR count). The van der Waals surface area contributed by atoms with Crippen LogP contribution in [-0.2, 0) is 4.79 Å². The lowest BCUT2D eigenvalue weighted by Crippen LogP contribution is -2.44. The lowest BCUT2D eigenvalue weighted by Gasteiger charge is -2.33. The monoisotopic (exact) mass is 275 g/mol. The van der Waals surface area contributed by atoms with Crippen LogP contribution < -0.4 is 15.4 Å². The van der Waals surface area contributed by atoms with Crippen LogP contribution in [0.15, 0.2) is 18.2 Å². The van der Waals surface area contributed by atoms with Gasteiger partial charge in [0.2, 0.25) is 0 Å². The molecular formula is C15H21N3O2. The molecule has 1 aromatic carbocycles. The lowest BCUT2D eigenvalue weighted by atomic mass is 10.1. The fraction of sp³-hybridized carbons (Fsp3) is 0.533. The van der Waals surface area contributed by atoms with Crippen LogP contribution in [0.1, 0.15) is 19.3 Å². The van der Waals surface area contributed by atoms with E-state index in [-0.39, 0.29) is 12.5 Å². The van der Waals surface area contributed by atoms with Crippen LogP contribution in [0.4, 0.5) is 11.4 Å². The molecule has 0 aliphatic carbocycles. The summed E-state index contributed by atoms with van der Waals surface area (Å²) in [7, 11) is 0. The van der Waals surface area contributed by atoms with Crippen molar-refractivity contribution in [3.05, 3.63) is 18.2 Å². The number of fused-ring (bicyclic) bond motifs is 1. The summed E-state index contributed by atoms with van der Waals surface area (Å²) in [5, 5.41) is 0. The highest BCUT2D eigenvalue weighted by Crippen LogP contribution is 2.33. The molecule has 0 aromatic heterocycles. The Balaban J connectivity index is 1.70. The number of hydrogen-bond donors (Lipinski definition) is 1. The van der Waals surface area contributed by atoms with Crippen molar-refractivity contribution in [2.75, 3.05) is 43.4 Å². The van der Waals surface area contributed by atoms with E-state index >= 15 is 0 Å². The second-order valence-corrected chi connectivity index (χ2v) is 5.46. The quantitative estimate of drug-likeness (QED) is 0.849. The van der Waals surface area contributed by atoms with Gasteiger partial charge in [-0.2, -0.15) is 0 Å². The third kappa shape index (κ3) is 2.72. The summed E-state index contributed by atoms with van der Waals surface area (Å²) < 4.78 is 5.45. The van der Waals surface area contributed by atoms with Gasteiger partial charge in [-0.25, -0.2) is 0 Å². The molecule has 1 aromatic rings. The Morgan fingerprint density at radius 3 is 2.75 bits per heavy atom. The number of nitrogen functional groups attached to an aromatic ring is 1. The molecule has 0 spiro atoms. The summed E-state index contributed by atoms with van der Waals surface area (Å²) >= 11 is 0. The fourth-order valence-corrected chi connectivity index (χ4v) is 2.89. The molecule has 0 unspecified atom stereocenters. The molecular weight excluding hydrogens is 254 g/mol. The first-order valence-corrected chi connectivity index (χ1v) is 7.29. The first-order valence-electron chi connectivity index (χ1n) is 7.29. The largest absolute Gasteiger partial charge is 0.481 e. The van der Waals surface area contributed by atoms with Crippen LogP contribution in [0.2, 0.25) is 0 Å². The summed E-state index contributed by atoms with van der Waals surface area (Å²) in [6, 6.07) is 5.47. The van der Waals surface area contributed by atoms with Gasteiger partial charge in [-0.1, -0.05) is 6.42 Å². The number of nitrogens with zero attached hydrogens (tertiary/aromatic N) is 2. The third-order valence-electron chi connectivity index (χ3n) is 4.02. The van der Waals surface area contributed by atoms with Gasteiger partial charge in [-0.3, -0.25) is 4.79 Å². The van der Waals surface area contributed by atoms with E-state index < -0.39 is 0 Å². The Kier molecular flexibility index (Phi) is 3.78. The molecule has 0 radical (unpaired) electrons. The van der Waals surface area contributed by atoms with Gasteiger partial charge in [0.05, 0.1) is 5.69 Å². The minimum Gasteiger partial charge on any atom is -0.481 e. The fourth-order valence-electron chi connectivity index (χ4n) is 2.89. The molecule has 0 atom stereocenters. The van der Waals surface area contributed by atoms with E-state index in [1.165, 1.54) is 19.3 Å². The predicted molar refractivity (Wildman–Crippen MR) is 79.0 cm³/mol. The maximum Gasteiger partial charge on any atom is 0.265 e. The van der Waals surface area contributed by atoms with E-state index in [1.807, 2.05) is 17.0 Å². The maximum absolute atomic E-state index is 12.1. The Bertz CT molecular complexity index is 498. The Morgan fingerprint density at radius 2 is 1.95 bits per heavy atom. The molecule has 108 valence electrons. The third-order valence-corrected chi connectivity index (χ3v) is 4.02. The van der Waals surface area contributed by atoms with Crippen molar-refractivity contribution in [3.63, 3.8) is 0 Å². The topological polar surface area (TPSA) is 58.8 Å². The molecule has 5 nitrogen and oxygen atoms in total. The predicted octanol–water partition coefficient (Wildman–Crippen LogP) is 1.48. The zero-order valence-electron chi connectivity index (χ0n) is 11.7. The maximum atomic E-state index is 12.1. The molecule has 2 heterocycles. The number of ether oxygens (including phenoxy) is 1. The van der Waals surface area contributed by atoms with Crippen LogP contribution in [0.25, 0.3) is 0 Å². The van der Waals surface area contributed by atoms with Crippen molar-refractivity contribution in [3.8, 4) is 5.75 Å². The minimum absolute atomic E-state index is 0.0271. The number of carbonyl (C=O) groups excluding carboxylic acids is 1. The molecule has 0 bridgehead atoms. The van der Waals surface area contributed by atoms with Crippen LogP contribution in [0.5, 0.6) is 5.75 Å². The van der Waals surface area contributed by atoms with Gasteiger partial charge >= 0.3 is 0 Å². The molecule has 2 N–H and O–H groups in total. The summed E-state index contributed by atoms with van der Waals surface area (Å²) in [5.74, 6) is 0.738. The molecule has 0 saturated carbocycles. The van der Waals surface area contributed by atoms with Crippen LogP contribution in [0, 0.1) is 0 Å². The van der Waals surface area contributed by atoms with Crippen LogP contribution >= 0.6 is 0 Å². The Morgan fingerprint density at radius 1 is 1.15 bits per heavy atom. The number of hydrogen-bond acceptors (Lipinski definition) is 4. The van der Waals surface area contributed by atoms with Crippen molar-refractivity contribution in [2.45, 2.75) is 19.3 Å². The molecule has 1 saturated heterocycles. The minimum atomic E-state index is 0.0271. The lowest BCUT2D eigenvalue weighted by molar-refractivity contribution is -0.121. The van der Waals surface area contributed by atoms with Gasteiger partial charge in [0.25, 0.3) is 5.91 Å². The molecule has 2 aliphatic heterocycles. The smallest absolute Gasteiger partial charge is 0.265 e. The standard InChI is InChI=1S/C15H21N3O2/c16-12-4-5-13-14(10-12)20-11-15(19)18(13)9-8-17-6-2-1-3-7-17/h4-5,10H,1-3,6-9,11,16H2. The summed E-state index contributed by atoms with van der Waals surface area (Å²) in [6.07, 6.45) is 3.86. The van der Waals surface area contributed by atoms with Gasteiger partial charge in [-0.05, 0) is 38.1 Å². The van der Waals surface area contributed by atoms with Crippen molar-refractivity contribution >= 4 is 17.3 Å². The van der Waals surface area contributed by atoms with Gasteiger partial charge in [0, 0.05) is 24.8 Å². The first-order chi connectivity index (χ1) is 9.74. The second kappa shape index (κ2) is 5.71. The highest BCUT2D eigenvalue weighted by molar-refractivity contribution is 5.98. The van der Waals surface area contributed by atoms with Crippen LogP contribution in [0.3, 0.4) is 0 Å². The Labute approximate surface area is 119 Å². The summed E-state index contributed by atoms with van der Waals surface area (Å²) in [6.45, 7) is 4.05. The molecule has 2 aliphatic rings. The molecule has 20 heavy (non-hydrogen) atoms. The first kappa shape index (κ1) is 13.2. The molecule has 1 amide bonds. The van der Waals surface area contributed by atoms with Gasteiger partial charge in [0.15, 0.2) is 6.61 Å². The second-order valence-electron chi connectivity index (χ2n) is 5.46. The zero-order valence-corrected chi connectivity index (χ0v) is 11.7. The Hall–Kier alpha value is -1.75. The van der Waals surface area contributed by atoms with E-state index in [2.05, 4.69) is 4.90 Å². The number of anilines is 2. The van der Waals surface area contributed by atoms with E-state index in [4.69, 9.17) is 10.5 Å². The SMILES string of the molecule is Nc1ccc2c(c1)OCC(=O)N2CCN1CCCCC1. The number of rotatable bonds is 3. The van der Waals surface area contributed by atoms with E-state index in [9.17, 15) is 4.79 Å².